The SMILES string of the molecule is FC(F)(F)OC1[C]=CNS1. The third-order valence-corrected chi connectivity index (χ3v) is 1.39. The van der Waals surface area contributed by atoms with Gasteiger partial charge >= 0.3 is 6.36 Å². The lowest BCUT2D eigenvalue weighted by atomic mass is 10.6. The highest BCUT2D eigenvalue weighted by Gasteiger charge is 2.34. The van der Waals surface area contributed by atoms with Crippen molar-refractivity contribution in [1.29, 1.82) is 0 Å². The normalized spacial score (nSPS) is 24.9. The van der Waals surface area contributed by atoms with Crippen LogP contribution in [0.25, 0.3) is 0 Å². The lowest BCUT2D eigenvalue weighted by molar-refractivity contribution is -0.325. The van der Waals surface area contributed by atoms with E-state index in [1.165, 1.54) is 6.20 Å². The first kappa shape index (κ1) is 7.74. The Morgan fingerprint density at radius 3 is 2.70 bits per heavy atom. The van der Waals surface area contributed by atoms with E-state index in [9.17, 15) is 13.2 Å². The highest BCUT2D eigenvalue weighted by Crippen LogP contribution is 2.25. The van der Waals surface area contributed by atoms with Crippen molar-refractivity contribution in [3.05, 3.63) is 12.3 Å². The van der Waals surface area contributed by atoms with Gasteiger partial charge < -0.3 is 4.72 Å². The number of hydrogen-bond acceptors (Lipinski definition) is 3. The lowest BCUT2D eigenvalue weighted by Crippen LogP contribution is -2.19. The van der Waals surface area contributed by atoms with Crippen molar-refractivity contribution in [2.75, 3.05) is 0 Å². The van der Waals surface area contributed by atoms with Crippen molar-refractivity contribution in [2.45, 2.75) is 11.8 Å². The fraction of sp³-hybridized carbons (Fsp3) is 0.500. The Morgan fingerprint density at radius 1 is 1.60 bits per heavy atom. The molecule has 57 valence electrons. The summed E-state index contributed by atoms with van der Waals surface area (Å²) in [6, 6.07) is 0. The number of rotatable bonds is 1. The third kappa shape index (κ3) is 2.49. The topological polar surface area (TPSA) is 21.3 Å². The van der Waals surface area contributed by atoms with Crippen molar-refractivity contribution in [3.8, 4) is 0 Å². The van der Waals surface area contributed by atoms with Crippen molar-refractivity contribution in [3.63, 3.8) is 0 Å². The summed E-state index contributed by atoms with van der Waals surface area (Å²) in [5, 5.41) is 0. The van der Waals surface area contributed by atoms with Crippen molar-refractivity contribution in [2.24, 2.45) is 0 Å². The van der Waals surface area contributed by atoms with E-state index >= 15 is 0 Å². The Labute approximate surface area is 59.6 Å². The van der Waals surface area contributed by atoms with Crippen LogP contribution in [0.2, 0.25) is 0 Å². The maximum atomic E-state index is 11.4. The van der Waals surface area contributed by atoms with E-state index in [2.05, 4.69) is 15.5 Å². The van der Waals surface area contributed by atoms with Crippen LogP contribution in [0.5, 0.6) is 0 Å². The average molecular weight is 170 g/mol. The van der Waals surface area contributed by atoms with Crippen LogP contribution in [0.4, 0.5) is 13.2 Å². The smallest absolute Gasteiger partial charge is 0.334 e. The molecule has 0 aliphatic carbocycles. The Hall–Kier alpha value is -0.360. The standard InChI is InChI=1S/C4H3F3NOS/c5-4(6,7)9-3-1-2-8-10-3/h2-3,8H. The lowest BCUT2D eigenvalue weighted by Gasteiger charge is -2.09. The summed E-state index contributed by atoms with van der Waals surface area (Å²) in [7, 11) is 0. The van der Waals surface area contributed by atoms with E-state index in [0.717, 1.165) is 11.9 Å². The van der Waals surface area contributed by atoms with Gasteiger partial charge in [-0.3, -0.25) is 4.74 Å². The van der Waals surface area contributed by atoms with Crippen LogP contribution in [0.3, 0.4) is 0 Å². The Balaban J connectivity index is 2.31. The van der Waals surface area contributed by atoms with Crippen LogP contribution in [-0.4, -0.2) is 11.8 Å². The molecule has 0 bridgehead atoms. The van der Waals surface area contributed by atoms with Gasteiger partial charge in [0, 0.05) is 12.3 Å². The molecule has 0 fully saturated rings. The molecule has 1 N–H and O–H groups in total. The maximum Gasteiger partial charge on any atom is 0.523 e. The number of hydrogen-bond donors (Lipinski definition) is 1. The van der Waals surface area contributed by atoms with Crippen LogP contribution in [0.1, 0.15) is 0 Å². The van der Waals surface area contributed by atoms with Gasteiger partial charge in [0.1, 0.15) is 0 Å². The van der Waals surface area contributed by atoms with Gasteiger partial charge in [-0.15, -0.1) is 13.2 Å². The van der Waals surface area contributed by atoms with Gasteiger partial charge in [-0.1, -0.05) is 0 Å². The first-order valence-corrected chi connectivity index (χ1v) is 3.19. The summed E-state index contributed by atoms with van der Waals surface area (Å²) < 4.78 is 40.2. The molecule has 0 aromatic heterocycles. The van der Waals surface area contributed by atoms with Crippen LogP contribution in [-0.2, 0) is 4.74 Å². The van der Waals surface area contributed by atoms with Gasteiger partial charge in [0.15, 0.2) is 5.44 Å². The summed E-state index contributed by atoms with van der Waals surface area (Å²) in [6.45, 7) is 0. The summed E-state index contributed by atoms with van der Waals surface area (Å²) >= 11 is 0.810. The fourth-order valence-electron chi connectivity index (χ4n) is 0.411. The molecule has 0 saturated heterocycles. The minimum absolute atomic E-state index is 0.810. The summed E-state index contributed by atoms with van der Waals surface area (Å²) in [6.07, 6.45) is -1.00. The van der Waals surface area contributed by atoms with E-state index in [1.54, 1.807) is 0 Å². The van der Waals surface area contributed by atoms with E-state index in [0.29, 0.717) is 0 Å². The molecule has 6 heteroatoms. The second kappa shape index (κ2) is 2.71. The molecule has 0 aromatic rings. The molecular weight excluding hydrogens is 167 g/mol. The highest BCUT2D eigenvalue weighted by molar-refractivity contribution is 7.98. The molecule has 1 aliphatic heterocycles. The van der Waals surface area contributed by atoms with E-state index < -0.39 is 11.8 Å². The quantitative estimate of drug-likeness (QED) is 0.601. The van der Waals surface area contributed by atoms with Gasteiger partial charge in [-0.05, 0) is 11.9 Å². The predicted molar refractivity (Wildman–Crippen MR) is 29.5 cm³/mol. The van der Waals surface area contributed by atoms with E-state index in [-0.39, 0.29) is 0 Å². The van der Waals surface area contributed by atoms with Crippen LogP contribution in [0, 0.1) is 6.08 Å². The number of alkyl halides is 3. The van der Waals surface area contributed by atoms with Gasteiger partial charge in [-0.25, -0.2) is 0 Å². The molecule has 1 rings (SSSR count). The average Bonchev–Trinajstić information content (AvgIpc) is 2.12. The number of halogens is 3. The van der Waals surface area contributed by atoms with Crippen LogP contribution in [0.15, 0.2) is 6.20 Å². The van der Waals surface area contributed by atoms with Crippen LogP contribution >= 0.6 is 11.9 Å². The van der Waals surface area contributed by atoms with Crippen molar-refractivity contribution < 1.29 is 17.9 Å². The Bertz CT molecular complexity index is 146. The Kier molecular flexibility index (Phi) is 2.10. The monoisotopic (exact) mass is 170 g/mol. The number of ether oxygens (including phenoxy) is 1. The maximum absolute atomic E-state index is 11.4. The fourth-order valence-corrected chi connectivity index (χ4v) is 0.964. The first-order chi connectivity index (χ1) is 4.58. The van der Waals surface area contributed by atoms with Gasteiger partial charge in [0.05, 0.1) is 0 Å². The van der Waals surface area contributed by atoms with E-state index in [1.807, 2.05) is 0 Å². The molecule has 1 atom stereocenters. The second-order valence-corrected chi connectivity index (χ2v) is 2.34. The summed E-state index contributed by atoms with van der Waals surface area (Å²) in [5.74, 6) is 0. The zero-order valence-corrected chi connectivity index (χ0v) is 5.42. The first-order valence-electron chi connectivity index (χ1n) is 2.31. The van der Waals surface area contributed by atoms with Gasteiger partial charge in [0.2, 0.25) is 0 Å². The zero-order chi connectivity index (χ0) is 7.61. The summed E-state index contributed by atoms with van der Waals surface area (Å²) in [5.41, 5.74) is -1.07. The molecule has 0 amide bonds. The largest absolute Gasteiger partial charge is 0.523 e. The second-order valence-electron chi connectivity index (χ2n) is 1.44. The van der Waals surface area contributed by atoms with Crippen molar-refractivity contribution in [1.82, 2.24) is 4.72 Å². The Morgan fingerprint density at radius 2 is 2.30 bits per heavy atom. The van der Waals surface area contributed by atoms with Crippen molar-refractivity contribution >= 4 is 11.9 Å². The van der Waals surface area contributed by atoms with Crippen LogP contribution < -0.4 is 4.72 Å². The molecule has 0 aromatic carbocycles. The minimum atomic E-state index is -4.58. The molecule has 1 heterocycles. The molecule has 1 radical (unpaired) electrons. The highest BCUT2D eigenvalue weighted by atomic mass is 32.2. The van der Waals surface area contributed by atoms with E-state index in [4.69, 9.17) is 0 Å². The predicted octanol–water partition coefficient (Wildman–Crippen LogP) is 1.42. The number of nitrogens with one attached hydrogen (secondary N) is 1. The minimum Gasteiger partial charge on any atom is -0.334 e. The molecule has 1 unspecified atom stereocenters. The van der Waals surface area contributed by atoms with Gasteiger partial charge in [-0.2, -0.15) is 0 Å². The molecule has 2 nitrogen and oxygen atoms in total. The summed E-state index contributed by atoms with van der Waals surface area (Å²) in [4.78, 5) is 0. The molecule has 0 spiro atoms. The molecule has 0 saturated carbocycles. The molecule has 10 heavy (non-hydrogen) atoms. The van der Waals surface area contributed by atoms with Gasteiger partial charge in [0.25, 0.3) is 0 Å². The molecule has 1 aliphatic rings. The third-order valence-electron chi connectivity index (χ3n) is 0.694. The molecular formula is C4H3F3NOS. The zero-order valence-electron chi connectivity index (χ0n) is 4.61.